The summed E-state index contributed by atoms with van der Waals surface area (Å²) in [6, 6.07) is 1.31. The van der Waals surface area contributed by atoms with Crippen molar-refractivity contribution >= 4 is 26.8 Å². The summed E-state index contributed by atoms with van der Waals surface area (Å²) in [6.45, 7) is 15.1. The van der Waals surface area contributed by atoms with Gasteiger partial charge in [-0.15, -0.1) is 0 Å². The average Bonchev–Trinajstić information content (AvgIpc) is 1.98. The second-order valence-electron chi connectivity index (χ2n) is 5.32. The summed E-state index contributed by atoms with van der Waals surface area (Å²) >= 11 is 2.19. The van der Waals surface area contributed by atoms with E-state index in [0.29, 0.717) is 0 Å². The van der Waals surface area contributed by atoms with E-state index in [1.807, 2.05) is 0 Å². The molecule has 0 amide bonds. The van der Waals surface area contributed by atoms with Gasteiger partial charge in [0.2, 0.25) is 0 Å². The standard InChI is InChI=1S/C10H26OSSi2/c1-7-8-11-14(5,6)10-9-12-13(2,3)4/h7-10H2,1-6H3. The molecule has 0 N–H and O–H groups in total. The Morgan fingerprint density at radius 3 is 2.07 bits per heavy atom. The highest BCUT2D eigenvalue weighted by molar-refractivity contribution is 8.28. The monoisotopic (exact) mass is 250 g/mol. The molecular formula is C10H26OSSi2. The van der Waals surface area contributed by atoms with Crippen molar-refractivity contribution in [1.82, 2.24) is 0 Å². The lowest BCUT2D eigenvalue weighted by Crippen LogP contribution is -2.32. The fourth-order valence-corrected chi connectivity index (χ4v) is 7.70. The van der Waals surface area contributed by atoms with Gasteiger partial charge in [-0.25, -0.2) is 0 Å². The van der Waals surface area contributed by atoms with Crippen LogP contribution < -0.4 is 0 Å². The van der Waals surface area contributed by atoms with Crippen molar-refractivity contribution in [1.29, 1.82) is 0 Å². The fourth-order valence-electron chi connectivity index (χ4n) is 1.05. The summed E-state index contributed by atoms with van der Waals surface area (Å²) in [4.78, 5) is 0. The molecule has 86 valence electrons. The van der Waals surface area contributed by atoms with Crippen LogP contribution in [-0.2, 0) is 4.43 Å². The van der Waals surface area contributed by atoms with Gasteiger partial charge in [-0.05, 0) is 31.3 Å². The van der Waals surface area contributed by atoms with Gasteiger partial charge in [0.05, 0.1) is 0 Å². The van der Waals surface area contributed by atoms with Crippen LogP contribution in [0.25, 0.3) is 0 Å². The zero-order valence-electron chi connectivity index (χ0n) is 10.6. The summed E-state index contributed by atoms with van der Waals surface area (Å²) in [5, 5.41) is 0. The summed E-state index contributed by atoms with van der Waals surface area (Å²) in [5.41, 5.74) is 0. The Labute approximate surface area is 95.8 Å². The molecule has 0 aliphatic carbocycles. The number of hydrogen-bond acceptors (Lipinski definition) is 2. The first-order valence-corrected chi connectivity index (χ1v) is 13.9. The maximum absolute atomic E-state index is 5.93. The SMILES string of the molecule is CCCO[Si](C)(C)CCS[Si](C)(C)C. The Morgan fingerprint density at radius 1 is 1.07 bits per heavy atom. The van der Waals surface area contributed by atoms with Crippen LogP contribution in [0.4, 0.5) is 0 Å². The molecule has 4 heteroatoms. The molecule has 0 rings (SSSR count). The molecule has 14 heavy (non-hydrogen) atoms. The van der Waals surface area contributed by atoms with Crippen LogP contribution in [-0.4, -0.2) is 27.9 Å². The van der Waals surface area contributed by atoms with Crippen LogP contribution in [0.1, 0.15) is 13.3 Å². The molecule has 0 aliphatic rings. The van der Waals surface area contributed by atoms with E-state index in [-0.39, 0.29) is 0 Å². The number of rotatable bonds is 7. The normalized spacial score (nSPS) is 13.3. The lowest BCUT2D eigenvalue weighted by molar-refractivity contribution is 0.307. The van der Waals surface area contributed by atoms with Crippen molar-refractivity contribution in [2.24, 2.45) is 0 Å². The maximum Gasteiger partial charge on any atom is 0.187 e. The highest BCUT2D eigenvalue weighted by Gasteiger charge is 2.23. The third kappa shape index (κ3) is 9.30. The molecule has 0 radical (unpaired) electrons. The Hall–Kier alpha value is 0.744. The Morgan fingerprint density at radius 2 is 1.64 bits per heavy atom. The molecule has 0 fully saturated rings. The minimum atomic E-state index is -1.32. The van der Waals surface area contributed by atoms with E-state index < -0.39 is 15.5 Å². The van der Waals surface area contributed by atoms with E-state index in [9.17, 15) is 0 Å². The van der Waals surface area contributed by atoms with Crippen LogP contribution in [0, 0.1) is 0 Å². The van der Waals surface area contributed by atoms with Crippen LogP contribution in [0.3, 0.4) is 0 Å². The molecule has 0 saturated carbocycles. The number of hydrogen-bond donors (Lipinski definition) is 0. The summed E-state index contributed by atoms with van der Waals surface area (Å²) < 4.78 is 5.93. The van der Waals surface area contributed by atoms with Crippen LogP contribution in [0.2, 0.25) is 38.8 Å². The van der Waals surface area contributed by atoms with E-state index in [4.69, 9.17) is 4.43 Å². The van der Waals surface area contributed by atoms with Gasteiger partial charge < -0.3 is 4.43 Å². The molecule has 0 saturated heterocycles. The van der Waals surface area contributed by atoms with Crippen molar-refractivity contribution in [2.45, 2.75) is 52.1 Å². The van der Waals surface area contributed by atoms with Gasteiger partial charge in [0.25, 0.3) is 0 Å². The minimum absolute atomic E-state index is 0.905. The van der Waals surface area contributed by atoms with E-state index in [1.54, 1.807) is 0 Å². The molecule has 0 spiro atoms. The van der Waals surface area contributed by atoms with Crippen LogP contribution in [0.5, 0.6) is 0 Å². The molecule has 0 aromatic rings. The second kappa shape index (κ2) is 6.35. The summed E-state index contributed by atoms with van der Waals surface area (Å²) in [6.07, 6.45) is 1.15. The second-order valence-corrected chi connectivity index (χ2v) is 19.1. The van der Waals surface area contributed by atoms with Gasteiger partial charge in [0, 0.05) is 6.61 Å². The van der Waals surface area contributed by atoms with E-state index in [0.717, 1.165) is 13.0 Å². The largest absolute Gasteiger partial charge is 0.417 e. The lowest BCUT2D eigenvalue weighted by atomic mass is 10.5. The van der Waals surface area contributed by atoms with Crippen molar-refractivity contribution in [3.63, 3.8) is 0 Å². The first kappa shape index (κ1) is 14.7. The molecule has 0 heterocycles. The van der Waals surface area contributed by atoms with Crippen molar-refractivity contribution < 1.29 is 4.43 Å². The van der Waals surface area contributed by atoms with E-state index in [2.05, 4.69) is 50.9 Å². The highest BCUT2D eigenvalue weighted by atomic mass is 32.4. The van der Waals surface area contributed by atoms with Gasteiger partial charge in [-0.2, -0.15) is 11.2 Å². The van der Waals surface area contributed by atoms with Gasteiger partial charge in [-0.1, -0.05) is 26.6 Å². The molecular weight excluding hydrogens is 224 g/mol. The van der Waals surface area contributed by atoms with Gasteiger partial charge in [0.15, 0.2) is 8.32 Å². The predicted octanol–water partition coefficient (Wildman–Crippen LogP) is 4.19. The Bertz CT molecular complexity index is 155. The third-order valence-electron chi connectivity index (χ3n) is 1.94. The predicted molar refractivity (Wildman–Crippen MR) is 74.3 cm³/mol. The van der Waals surface area contributed by atoms with E-state index >= 15 is 0 Å². The molecule has 0 aromatic heterocycles. The van der Waals surface area contributed by atoms with Crippen LogP contribution in [0.15, 0.2) is 0 Å². The van der Waals surface area contributed by atoms with Crippen molar-refractivity contribution in [3.05, 3.63) is 0 Å². The lowest BCUT2D eigenvalue weighted by Gasteiger charge is -2.24. The summed E-state index contributed by atoms with van der Waals surface area (Å²) in [5.74, 6) is 1.30. The third-order valence-corrected chi connectivity index (χ3v) is 9.22. The minimum Gasteiger partial charge on any atom is -0.417 e. The van der Waals surface area contributed by atoms with E-state index in [1.165, 1.54) is 11.8 Å². The molecule has 1 nitrogen and oxygen atoms in total. The first-order chi connectivity index (χ1) is 6.27. The van der Waals surface area contributed by atoms with Crippen molar-refractivity contribution in [3.8, 4) is 0 Å². The van der Waals surface area contributed by atoms with Crippen LogP contribution >= 0.6 is 11.2 Å². The molecule has 0 aromatic carbocycles. The smallest absolute Gasteiger partial charge is 0.187 e. The first-order valence-electron chi connectivity index (χ1n) is 5.55. The van der Waals surface area contributed by atoms with Crippen molar-refractivity contribution in [2.75, 3.05) is 12.4 Å². The average molecular weight is 251 g/mol. The fraction of sp³-hybridized carbons (Fsp3) is 1.00. The highest BCUT2D eigenvalue weighted by Crippen LogP contribution is 2.23. The molecule has 0 aliphatic heterocycles. The quantitative estimate of drug-likeness (QED) is 0.627. The zero-order chi connectivity index (χ0) is 11.2. The molecule has 0 atom stereocenters. The molecule has 0 unspecified atom stereocenters. The van der Waals surface area contributed by atoms with Gasteiger partial charge in [-0.3, -0.25) is 0 Å². The maximum atomic E-state index is 5.93. The Balaban J connectivity index is 3.65. The topological polar surface area (TPSA) is 9.23 Å². The molecule has 0 bridgehead atoms. The Kier molecular flexibility index (Phi) is 6.69. The van der Waals surface area contributed by atoms with Gasteiger partial charge in [0.1, 0.15) is 7.22 Å². The zero-order valence-corrected chi connectivity index (χ0v) is 13.5. The summed E-state index contributed by atoms with van der Waals surface area (Å²) in [7, 11) is -2.23. The van der Waals surface area contributed by atoms with Gasteiger partial charge >= 0.3 is 0 Å².